The van der Waals surface area contributed by atoms with Crippen molar-refractivity contribution in [2.24, 2.45) is 0 Å². The smallest absolute Gasteiger partial charge is 0.339 e. The van der Waals surface area contributed by atoms with Crippen LogP contribution in [0.3, 0.4) is 0 Å². The van der Waals surface area contributed by atoms with Crippen LogP contribution in [0.4, 0.5) is 0 Å². The van der Waals surface area contributed by atoms with Crippen molar-refractivity contribution in [1.82, 2.24) is 0 Å². The lowest BCUT2D eigenvalue weighted by molar-refractivity contribution is 0.0430. The first-order valence-corrected chi connectivity index (χ1v) is 7.74. The van der Waals surface area contributed by atoms with Gasteiger partial charge in [-0.25, -0.2) is 9.59 Å². The van der Waals surface area contributed by atoms with E-state index in [1.165, 1.54) is 0 Å². The molecule has 21 heavy (non-hydrogen) atoms. The second kappa shape index (κ2) is 6.29. The Kier molecular flexibility index (Phi) is 4.41. The normalized spacial score (nSPS) is 26.0. The summed E-state index contributed by atoms with van der Waals surface area (Å²) < 4.78 is 20.5. The summed E-state index contributed by atoms with van der Waals surface area (Å²) in [5, 5.41) is 0. The van der Waals surface area contributed by atoms with Gasteiger partial charge in [-0.2, -0.15) is 0 Å². The molecule has 0 aromatic heterocycles. The van der Waals surface area contributed by atoms with Crippen LogP contribution in [-0.4, -0.2) is 48.1 Å². The molecule has 0 N–H and O–H groups in total. The molecule has 2 heterocycles. The number of esters is 2. The highest BCUT2D eigenvalue weighted by Gasteiger charge is 2.37. The molecule has 0 bridgehead atoms. The average molecular weight is 404 g/mol. The first-order valence-electron chi connectivity index (χ1n) is 6.49. The summed E-state index contributed by atoms with van der Waals surface area (Å²) in [7, 11) is 0. The molecule has 3 atom stereocenters. The van der Waals surface area contributed by atoms with Gasteiger partial charge in [-0.15, -0.1) is 0 Å². The van der Waals surface area contributed by atoms with E-state index in [1.807, 2.05) is 0 Å². The van der Waals surface area contributed by atoms with E-state index >= 15 is 0 Å². The van der Waals surface area contributed by atoms with E-state index in [0.717, 1.165) is 0 Å². The molecule has 2 fully saturated rings. The number of halogens is 1. The molecule has 0 amide bonds. The van der Waals surface area contributed by atoms with Gasteiger partial charge < -0.3 is 18.9 Å². The molecule has 6 nitrogen and oxygen atoms in total. The van der Waals surface area contributed by atoms with Gasteiger partial charge >= 0.3 is 11.9 Å². The van der Waals surface area contributed by atoms with Crippen molar-refractivity contribution >= 4 is 34.5 Å². The minimum atomic E-state index is -0.552. The van der Waals surface area contributed by atoms with E-state index in [9.17, 15) is 9.59 Å². The number of hydrogen-bond acceptors (Lipinski definition) is 6. The Morgan fingerprint density at radius 3 is 2.14 bits per heavy atom. The number of carbonyl (C=O) groups is 2. The van der Waals surface area contributed by atoms with Crippen LogP contribution in [0.1, 0.15) is 20.7 Å². The van der Waals surface area contributed by atoms with Gasteiger partial charge in [-0.3, -0.25) is 0 Å². The largest absolute Gasteiger partial charge is 0.459 e. The van der Waals surface area contributed by atoms with Crippen LogP contribution >= 0.6 is 22.6 Å². The molecule has 2 aliphatic rings. The van der Waals surface area contributed by atoms with E-state index in [1.54, 1.807) is 24.3 Å². The van der Waals surface area contributed by atoms with Crippen molar-refractivity contribution in [3.8, 4) is 0 Å². The molecular weight excluding hydrogens is 391 g/mol. The SMILES string of the molecule is O=C(OCC1CO1)c1ccccc1C(=O)OCC1OC1I. The van der Waals surface area contributed by atoms with Crippen LogP contribution in [0.25, 0.3) is 0 Å². The summed E-state index contributed by atoms with van der Waals surface area (Å²) in [4.78, 5) is 24.0. The van der Waals surface area contributed by atoms with Gasteiger partial charge in [0.15, 0.2) is 0 Å². The molecule has 7 heteroatoms. The zero-order chi connectivity index (χ0) is 14.8. The summed E-state index contributed by atoms with van der Waals surface area (Å²) in [5.74, 6) is -1.10. The molecule has 2 saturated heterocycles. The van der Waals surface area contributed by atoms with Crippen molar-refractivity contribution in [3.05, 3.63) is 35.4 Å². The van der Waals surface area contributed by atoms with Gasteiger partial charge in [0.05, 0.1) is 17.7 Å². The average Bonchev–Trinajstić information content (AvgIpc) is 3.40. The maximum Gasteiger partial charge on any atom is 0.339 e. The summed E-state index contributed by atoms with van der Waals surface area (Å²) >= 11 is 2.12. The van der Waals surface area contributed by atoms with Crippen molar-refractivity contribution in [3.63, 3.8) is 0 Å². The number of hydrogen-bond donors (Lipinski definition) is 0. The topological polar surface area (TPSA) is 77.7 Å². The van der Waals surface area contributed by atoms with E-state index in [0.29, 0.717) is 6.61 Å². The molecule has 1 aromatic carbocycles. The maximum absolute atomic E-state index is 12.0. The van der Waals surface area contributed by atoms with Crippen LogP contribution in [0.15, 0.2) is 24.3 Å². The first-order chi connectivity index (χ1) is 10.1. The molecule has 1 aromatic rings. The second-order valence-corrected chi connectivity index (χ2v) is 5.95. The molecule has 0 aliphatic carbocycles. The van der Waals surface area contributed by atoms with Gasteiger partial charge in [0.1, 0.15) is 29.5 Å². The summed E-state index contributed by atoms with van der Waals surface area (Å²) in [6, 6.07) is 6.43. The molecule has 0 spiro atoms. The standard InChI is InChI=1S/C14H13IO6/c15-12-11(21-12)7-20-14(17)10-4-2-1-3-9(10)13(16)19-6-8-5-18-8/h1-4,8,11-12H,5-7H2. The lowest BCUT2D eigenvalue weighted by Gasteiger charge is -2.08. The maximum atomic E-state index is 12.0. The van der Waals surface area contributed by atoms with Crippen LogP contribution in [0, 0.1) is 0 Å². The van der Waals surface area contributed by atoms with Crippen LogP contribution in [0.2, 0.25) is 0 Å². The second-order valence-electron chi connectivity index (χ2n) is 4.72. The molecule has 0 saturated carbocycles. The Bertz CT molecular complexity index is 556. The zero-order valence-electron chi connectivity index (χ0n) is 11.0. The van der Waals surface area contributed by atoms with Gasteiger partial charge in [-0.05, 0) is 34.7 Å². The monoisotopic (exact) mass is 404 g/mol. The molecule has 0 radical (unpaired) electrons. The Morgan fingerprint density at radius 2 is 1.67 bits per heavy atom. The van der Waals surface area contributed by atoms with Crippen LogP contribution in [0.5, 0.6) is 0 Å². The van der Waals surface area contributed by atoms with Crippen LogP contribution in [-0.2, 0) is 18.9 Å². The molecule has 3 rings (SSSR count). The zero-order valence-corrected chi connectivity index (χ0v) is 13.1. The van der Waals surface area contributed by atoms with E-state index in [4.69, 9.17) is 18.9 Å². The Hall–Kier alpha value is -1.19. The van der Waals surface area contributed by atoms with E-state index < -0.39 is 11.9 Å². The molecule has 2 aliphatic heterocycles. The highest BCUT2D eigenvalue weighted by Crippen LogP contribution is 2.28. The van der Waals surface area contributed by atoms with Gasteiger partial charge in [0, 0.05) is 0 Å². The van der Waals surface area contributed by atoms with Crippen molar-refractivity contribution in [2.75, 3.05) is 19.8 Å². The number of epoxide rings is 2. The summed E-state index contributed by atoms with van der Waals surface area (Å²) in [6.07, 6.45) is -0.0682. The third kappa shape index (κ3) is 3.92. The molecule has 112 valence electrons. The molecular formula is C14H13IO6. The van der Waals surface area contributed by atoms with Crippen molar-refractivity contribution in [2.45, 2.75) is 16.3 Å². The fraction of sp³-hybridized carbons (Fsp3) is 0.429. The lowest BCUT2D eigenvalue weighted by atomic mass is 10.1. The Morgan fingerprint density at radius 1 is 1.14 bits per heavy atom. The fourth-order valence-electron chi connectivity index (χ4n) is 1.72. The summed E-state index contributed by atoms with van der Waals surface area (Å²) in [6.45, 7) is 0.996. The lowest BCUT2D eigenvalue weighted by Crippen LogP contribution is -2.17. The Labute approximate surface area is 134 Å². The van der Waals surface area contributed by atoms with E-state index in [-0.39, 0.29) is 40.7 Å². The summed E-state index contributed by atoms with van der Waals surface area (Å²) in [5.41, 5.74) is 0.399. The molecule has 3 unspecified atom stereocenters. The van der Waals surface area contributed by atoms with Gasteiger partial charge in [0.25, 0.3) is 0 Å². The third-order valence-corrected chi connectivity index (χ3v) is 4.16. The predicted octanol–water partition coefficient (Wildman–Crippen LogP) is 1.56. The number of carbonyl (C=O) groups excluding carboxylic acids is 2. The highest BCUT2D eigenvalue weighted by molar-refractivity contribution is 14.1. The third-order valence-electron chi connectivity index (χ3n) is 3.07. The Balaban J connectivity index is 1.62. The number of alkyl halides is 1. The van der Waals surface area contributed by atoms with Gasteiger partial charge in [-0.1, -0.05) is 12.1 Å². The van der Waals surface area contributed by atoms with Gasteiger partial charge in [0.2, 0.25) is 0 Å². The quantitative estimate of drug-likeness (QED) is 0.310. The number of rotatable bonds is 6. The minimum absolute atomic E-state index is 0.0133. The number of benzene rings is 1. The highest BCUT2D eigenvalue weighted by atomic mass is 127. The van der Waals surface area contributed by atoms with Crippen LogP contribution < -0.4 is 0 Å². The number of ether oxygens (including phenoxy) is 4. The van der Waals surface area contributed by atoms with Crippen molar-refractivity contribution in [1.29, 1.82) is 0 Å². The first kappa shape index (κ1) is 14.7. The van der Waals surface area contributed by atoms with Crippen molar-refractivity contribution < 1.29 is 28.5 Å². The van der Waals surface area contributed by atoms with E-state index in [2.05, 4.69) is 22.6 Å². The fourth-order valence-corrected chi connectivity index (χ4v) is 2.31. The predicted molar refractivity (Wildman–Crippen MR) is 79.4 cm³/mol. The minimum Gasteiger partial charge on any atom is -0.459 e.